The molecule has 6 nitrogen and oxygen atoms in total. The van der Waals surface area contributed by atoms with Gasteiger partial charge >= 0.3 is 12.0 Å². The molecule has 0 aromatic rings. The monoisotopic (exact) mass is 290 g/mol. The number of aliphatic hydroxyl groups is 1. The number of hydrogen-bond donors (Lipinski definition) is 2. The molecule has 19 heavy (non-hydrogen) atoms. The third-order valence-corrected chi connectivity index (χ3v) is 4.60. The maximum Gasteiger partial charge on any atom is 0.327 e. The number of thioether (sulfide) groups is 1. The minimum absolute atomic E-state index is 0.134. The molecule has 1 saturated heterocycles. The highest BCUT2D eigenvalue weighted by Crippen LogP contribution is 2.34. The quantitative estimate of drug-likeness (QED) is 0.804. The summed E-state index contributed by atoms with van der Waals surface area (Å²) in [6.07, 6.45) is -0.634. The van der Waals surface area contributed by atoms with Gasteiger partial charge < -0.3 is 15.1 Å². The number of amides is 2. The van der Waals surface area contributed by atoms with Crippen molar-refractivity contribution in [3.05, 3.63) is 0 Å². The summed E-state index contributed by atoms with van der Waals surface area (Å²) in [5.74, 6) is -0.389. The Hall–Kier alpha value is -0.950. The predicted molar refractivity (Wildman–Crippen MR) is 74.1 cm³/mol. The molecule has 2 amide bonds. The molecule has 0 aliphatic carbocycles. The van der Waals surface area contributed by atoms with Gasteiger partial charge in [0.15, 0.2) is 0 Å². The minimum atomic E-state index is -0.977. The predicted octanol–water partition coefficient (Wildman–Crippen LogP) is 0.903. The molecule has 0 aromatic heterocycles. The first-order chi connectivity index (χ1) is 8.75. The van der Waals surface area contributed by atoms with E-state index in [-0.39, 0.29) is 23.9 Å². The molecule has 1 heterocycles. The number of carbonyl (C=O) groups is 2. The lowest BCUT2D eigenvalue weighted by Crippen LogP contribution is -2.52. The van der Waals surface area contributed by atoms with Crippen LogP contribution >= 0.6 is 11.8 Å². The van der Waals surface area contributed by atoms with Gasteiger partial charge in [-0.15, -0.1) is 11.8 Å². The maximum atomic E-state index is 12.4. The van der Waals surface area contributed by atoms with E-state index in [9.17, 15) is 19.8 Å². The van der Waals surface area contributed by atoms with Gasteiger partial charge in [0, 0.05) is 19.3 Å². The zero-order valence-electron chi connectivity index (χ0n) is 11.7. The number of aliphatic carboxylic acids is 1. The van der Waals surface area contributed by atoms with E-state index in [1.54, 1.807) is 14.0 Å². The number of urea groups is 1. The summed E-state index contributed by atoms with van der Waals surface area (Å²) in [5, 5.41) is 18.4. The Morgan fingerprint density at radius 2 is 2.00 bits per heavy atom. The Morgan fingerprint density at radius 1 is 1.42 bits per heavy atom. The van der Waals surface area contributed by atoms with Crippen LogP contribution in [0.25, 0.3) is 0 Å². The standard InChI is InChI=1S/C12H22N2O4S/c1-7(2)10-14(9(6-19-10)11(16)17)12(18)13(4)5-8(3)15/h7-10,15H,5-6H2,1-4H3,(H,16,17). The fourth-order valence-corrected chi connectivity index (χ4v) is 3.61. The number of aliphatic hydroxyl groups excluding tert-OH is 1. The zero-order chi connectivity index (χ0) is 14.7. The van der Waals surface area contributed by atoms with Crippen LogP contribution in [0.3, 0.4) is 0 Å². The van der Waals surface area contributed by atoms with Crippen molar-refractivity contribution >= 4 is 23.8 Å². The van der Waals surface area contributed by atoms with E-state index in [4.69, 9.17) is 0 Å². The van der Waals surface area contributed by atoms with Gasteiger partial charge in [0.2, 0.25) is 0 Å². The topological polar surface area (TPSA) is 81.1 Å². The number of carboxylic acid groups (broad SMARTS) is 1. The SMILES string of the molecule is CC(O)CN(C)C(=O)N1C(C(=O)O)CSC1C(C)C. The van der Waals surface area contributed by atoms with E-state index in [1.807, 2.05) is 13.8 Å². The molecule has 3 unspecified atom stereocenters. The molecule has 2 N–H and O–H groups in total. The van der Waals surface area contributed by atoms with Crippen LogP contribution in [0.2, 0.25) is 0 Å². The maximum absolute atomic E-state index is 12.4. The number of carboxylic acids is 1. The van der Waals surface area contributed by atoms with Gasteiger partial charge in [-0.25, -0.2) is 9.59 Å². The Kier molecular flexibility index (Phi) is 5.49. The average Bonchev–Trinajstić information content (AvgIpc) is 2.71. The molecule has 0 spiro atoms. The van der Waals surface area contributed by atoms with Crippen molar-refractivity contribution in [1.29, 1.82) is 0 Å². The second kappa shape index (κ2) is 6.47. The molecule has 110 valence electrons. The Bertz CT molecular complexity index is 349. The highest BCUT2D eigenvalue weighted by molar-refractivity contribution is 8.00. The number of likely N-dealkylation sites (N-methyl/N-ethyl adjacent to an activating group) is 1. The van der Waals surface area contributed by atoms with E-state index in [1.165, 1.54) is 21.6 Å². The molecule has 1 fully saturated rings. The van der Waals surface area contributed by atoms with Gasteiger partial charge in [0.25, 0.3) is 0 Å². The average molecular weight is 290 g/mol. The van der Waals surface area contributed by atoms with Gasteiger partial charge in [0.1, 0.15) is 6.04 Å². The van der Waals surface area contributed by atoms with Crippen LogP contribution in [0.5, 0.6) is 0 Å². The first kappa shape index (κ1) is 16.1. The van der Waals surface area contributed by atoms with E-state index in [0.717, 1.165) is 0 Å². The summed E-state index contributed by atoms with van der Waals surface area (Å²) >= 11 is 1.49. The largest absolute Gasteiger partial charge is 0.480 e. The zero-order valence-corrected chi connectivity index (χ0v) is 12.6. The molecule has 7 heteroatoms. The van der Waals surface area contributed by atoms with E-state index in [0.29, 0.717) is 5.75 Å². The van der Waals surface area contributed by atoms with Gasteiger partial charge in [-0.2, -0.15) is 0 Å². The lowest BCUT2D eigenvalue weighted by molar-refractivity contribution is -0.141. The van der Waals surface area contributed by atoms with Crippen LogP contribution in [0.15, 0.2) is 0 Å². The minimum Gasteiger partial charge on any atom is -0.480 e. The van der Waals surface area contributed by atoms with Crippen LogP contribution in [0.4, 0.5) is 4.79 Å². The van der Waals surface area contributed by atoms with Gasteiger partial charge in [0.05, 0.1) is 11.5 Å². The summed E-state index contributed by atoms with van der Waals surface area (Å²) in [6.45, 7) is 5.72. The molecule has 1 aliphatic rings. The lowest BCUT2D eigenvalue weighted by atomic mass is 10.1. The van der Waals surface area contributed by atoms with Crippen LogP contribution in [0, 0.1) is 5.92 Å². The Balaban J connectivity index is 2.89. The summed E-state index contributed by atoms with van der Waals surface area (Å²) in [7, 11) is 1.58. The van der Waals surface area contributed by atoms with Crippen molar-refractivity contribution in [2.24, 2.45) is 5.92 Å². The lowest BCUT2D eigenvalue weighted by Gasteiger charge is -2.33. The molecule has 0 saturated carbocycles. The van der Waals surface area contributed by atoms with Crippen LogP contribution < -0.4 is 0 Å². The Morgan fingerprint density at radius 3 is 2.42 bits per heavy atom. The number of nitrogens with zero attached hydrogens (tertiary/aromatic N) is 2. The number of carbonyl (C=O) groups excluding carboxylic acids is 1. The molecule has 1 aliphatic heterocycles. The molecule has 0 aromatic carbocycles. The van der Waals surface area contributed by atoms with E-state index in [2.05, 4.69) is 0 Å². The second-order valence-electron chi connectivity index (χ2n) is 5.24. The Labute approximate surface area is 117 Å². The van der Waals surface area contributed by atoms with Crippen molar-refractivity contribution < 1.29 is 19.8 Å². The van der Waals surface area contributed by atoms with Crippen LogP contribution in [-0.4, -0.2) is 68.9 Å². The summed E-state index contributed by atoms with van der Waals surface area (Å²) in [6, 6.07) is -1.13. The highest BCUT2D eigenvalue weighted by Gasteiger charge is 2.43. The van der Waals surface area contributed by atoms with Crippen molar-refractivity contribution in [1.82, 2.24) is 9.80 Å². The second-order valence-corrected chi connectivity index (χ2v) is 6.39. The fourth-order valence-electron chi connectivity index (χ4n) is 2.15. The molecule has 3 atom stereocenters. The first-order valence-corrected chi connectivity index (χ1v) is 7.36. The first-order valence-electron chi connectivity index (χ1n) is 6.31. The summed E-state index contributed by atoms with van der Waals surface area (Å²) in [4.78, 5) is 26.4. The molecular weight excluding hydrogens is 268 g/mol. The van der Waals surface area contributed by atoms with Crippen LogP contribution in [0.1, 0.15) is 20.8 Å². The fraction of sp³-hybridized carbons (Fsp3) is 0.833. The van der Waals surface area contributed by atoms with Gasteiger partial charge in [-0.1, -0.05) is 13.8 Å². The van der Waals surface area contributed by atoms with Crippen LogP contribution in [-0.2, 0) is 4.79 Å². The third kappa shape index (κ3) is 3.76. The van der Waals surface area contributed by atoms with E-state index < -0.39 is 18.1 Å². The molecule has 1 rings (SSSR count). The highest BCUT2D eigenvalue weighted by atomic mass is 32.2. The molecule has 0 bridgehead atoms. The van der Waals surface area contributed by atoms with Crippen molar-refractivity contribution in [2.75, 3.05) is 19.3 Å². The molecular formula is C12H22N2O4S. The normalized spacial score (nSPS) is 24.6. The van der Waals surface area contributed by atoms with Crippen molar-refractivity contribution in [2.45, 2.75) is 38.3 Å². The number of rotatable bonds is 4. The van der Waals surface area contributed by atoms with Gasteiger partial charge in [-0.3, -0.25) is 4.90 Å². The summed E-state index contributed by atoms with van der Waals surface area (Å²) in [5.41, 5.74) is 0. The van der Waals surface area contributed by atoms with Crippen molar-refractivity contribution in [3.8, 4) is 0 Å². The van der Waals surface area contributed by atoms with Gasteiger partial charge in [-0.05, 0) is 12.8 Å². The summed E-state index contributed by atoms with van der Waals surface area (Å²) < 4.78 is 0. The number of hydrogen-bond acceptors (Lipinski definition) is 4. The smallest absolute Gasteiger partial charge is 0.327 e. The third-order valence-electron chi connectivity index (χ3n) is 2.98. The van der Waals surface area contributed by atoms with E-state index >= 15 is 0 Å². The molecule has 0 radical (unpaired) electrons. The van der Waals surface area contributed by atoms with Crippen molar-refractivity contribution in [3.63, 3.8) is 0 Å².